The number of anilines is 2. The molecule has 3 N–H and O–H groups in total. The maximum absolute atomic E-state index is 11.9. The number of carbonyl (C=O) groups excluding carboxylic acids is 1. The highest BCUT2D eigenvalue weighted by molar-refractivity contribution is 5.92. The van der Waals surface area contributed by atoms with Crippen molar-refractivity contribution < 1.29 is 9.53 Å². The molecule has 0 atom stereocenters. The molecule has 0 heterocycles. The van der Waals surface area contributed by atoms with Gasteiger partial charge < -0.3 is 15.8 Å². The van der Waals surface area contributed by atoms with E-state index in [1.54, 1.807) is 6.07 Å². The lowest BCUT2D eigenvalue weighted by atomic mass is 9.76. The van der Waals surface area contributed by atoms with Crippen LogP contribution in [0, 0.1) is 12.3 Å². The van der Waals surface area contributed by atoms with Crippen LogP contribution < -0.4 is 11.1 Å². The number of hydrogen-bond donors (Lipinski definition) is 2. The van der Waals surface area contributed by atoms with E-state index in [2.05, 4.69) is 19.2 Å². The molecule has 0 unspecified atom stereocenters. The van der Waals surface area contributed by atoms with Gasteiger partial charge in [0.15, 0.2) is 0 Å². The normalized spacial score (nSPS) is 18.4. The molecule has 1 amide bonds. The maximum atomic E-state index is 11.9. The van der Waals surface area contributed by atoms with E-state index in [1.165, 1.54) is 0 Å². The summed E-state index contributed by atoms with van der Waals surface area (Å²) in [6.45, 7) is 6.63. The highest BCUT2D eigenvalue weighted by atomic mass is 16.5. The molecule has 4 nitrogen and oxygen atoms in total. The van der Waals surface area contributed by atoms with Crippen LogP contribution in [0.3, 0.4) is 0 Å². The lowest BCUT2D eigenvalue weighted by Crippen LogP contribution is -2.29. The van der Waals surface area contributed by atoms with Crippen LogP contribution >= 0.6 is 0 Å². The number of nitrogen functional groups attached to an aromatic ring is 1. The van der Waals surface area contributed by atoms with E-state index < -0.39 is 0 Å². The summed E-state index contributed by atoms with van der Waals surface area (Å²) in [4.78, 5) is 11.9. The van der Waals surface area contributed by atoms with E-state index in [0.717, 1.165) is 36.9 Å². The molecule has 4 heteroatoms. The van der Waals surface area contributed by atoms with Crippen molar-refractivity contribution in [1.29, 1.82) is 0 Å². The van der Waals surface area contributed by atoms with Crippen LogP contribution in [0.4, 0.5) is 11.4 Å². The first-order valence-electron chi connectivity index (χ1n) is 7.63. The summed E-state index contributed by atoms with van der Waals surface area (Å²) in [5, 5.41) is 2.82. The molecular formula is C17H26N2O2. The average molecular weight is 290 g/mol. The van der Waals surface area contributed by atoms with Gasteiger partial charge in [-0.3, -0.25) is 4.79 Å². The lowest BCUT2D eigenvalue weighted by molar-refractivity contribution is -0.123. The largest absolute Gasteiger partial charge is 0.398 e. The van der Waals surface area contributed by atoms with Gasteiger partial charge in [-0.1, -0.05) is 19.9 Å². The Morgan fingerprint density at radius 3 is 2.67 bits per heavy atom. The molecule has 2 rings (SSSR count). The molecule has 1 saturated carbocycles. The summed E-state index contributed by atoms with van der Waals surface area (Å²) in [5.74, 6) is -0.122. The number of amides is 1. The van der Waals surface area contributed by atoms with Gasteiger partial charge in [0.1, 0.15) is 6.61 Å². The Hall–Kier alpha value is -1.55. The van der Waals surface area contributed by atoms with Crippen LogP contribution in [-0.2, 0) is 9.53 Å². The molecule has 0 radical (unpaired) electrons. The summed E-state index contributed by atoms with van der Waals surface area (Å²) < 4.78 is 5.72. The predicted octanol–water partition coefficient (Wildman–Crippen LogP) is 3.50. The third-order valence-corrected chi connectivity index (χ3v) is 4.30. The molecule has 0 aromatic heterocycles. The molecule has 0 spiro atoms. The standard InChI is InChI=1S/C17H26N2O2/c1-12-4-5-13(10-15(12)18)19-16(20)11-21-14-6-8-17(2,3)9-7-14/h4-5,10,14H,6-9,11,18H2,1-3H3,(H,19,20). The highest BCUT2D eigenvalue weighted by Crippen LogP contribution is 2.36. The van der Waals surface area contributed by atoms with Crippen LogP contribution in [0.25, 0.3) is 0 Å². The highest BCUT2D eigenvalue weighted by Gasteiger charge is 2.27. The molecule has 0 bridgehead atoms. The van der Waals surface area contributed by atoms with Crippen LogP contribution in [-0.4, -0.2) is 18.6 Å². The third kappa shape index (κ3) is 4.74. The average Bonchev–Trinajstić information content (AvgIpc) is 2.42. The number of rotatable bonds is 4. The Labute approximate surface area is 127 Å². The topological polar surface area (TPSA) is 64.3 Å². The molecule has 1 aromatic rings. The van der Waals surface area contributed by atoms with E-state index in [4.69, 9.17) is 10.5 Å². The van der Waals surface area contributed by atoms with Crippen molar-refractivity contribution in [2.24, 2.45) is 5.41 Å². The first kappa shape index (κ1) is 15.8. The van der Waals surface area contributed by atoms with Crippen LogP contribution in [0.15, 0.2) is 18.2 Å². The van der Waals surface area contributed by atoms with Gasteiger partial charge in [0.25, 0.3) is 0 Å². The number of aryl methyl sites for hydroxylation is 1. The Kier molecular flexibility index (Phi) is 4.88. The van der Waals surface area contributed by atoms with Gasteiger partial charge in [0, 0.05) is 11.4 Å². The summed E-state index contributed by atoms with van der Waals surface area (Å²) in [6.07, 6.45) is 4.61. The van der Waals surface area contributed by atoms with E-state index in [9.17, 15) is 4.79 Å². The van der Waals surface area contributed by atoms with Crippen molar-refractivity contribution >= 4 is 17.3 Å². The summed E-state index contributed by atoms with van der Waals surface area (Å²) in [6, 6.07) is 5.53. The number of nitrogens with one attached hydrogen (secondary N) is 1. The number of benzene rings is 1. The van der Waals surface area contributed by atoms with Crippen molar-refractivity contribution in [1.82, 2.24) is 0 Å². The van der Waals surface area contributed by atoms with Gasteiger partial charge in [0.05, 0.1) is 6.10 Å². The van der Waals surface area contributed by atoms with Gasteiger partial charge in [-0.2, -0.15) is 0 Å². The van der Waals surface area contributed by atoms with Crippen molar-refractivity contribution in [3.63, 3.8) is 0 Å². The zero-order valence-corrected chi connectivity index (χ0v) is 13.2. The molecule has 116 valence electrons. The minimum absolute atomic E-state index is 0.110. The summed E-state index contributed by atoms with van der Waals surface area (Å²) in [5.41, 5.74) is 8.66. The molecule has 1 fully saturated rings. The predicted molar refractivity (Wildman–Crippen MR) is 86.2 cm³/mol. The Morgan fingerprint density at radius 2 is 2.05 bits per heavy atom. The molecule has 21 heavy (non-hydrogen) atoms. The zero-order valence-electron chi connectivity index (χ0n) is 13.2. The molecule has 1 aromatic carbocycles. The third-order valence-electron chi connectivity index (χ3n) is 4.30. The summed E-state index contributed by atoms with van der Waals surface area (Å²) in [7, 11) is 0. The second kappa shape index (κ2) is 6.48. The first-order valence-corrected chi connectivity index (χ1v) is 7.63. The number of ether oxygens (including phenoxy) is 1. The fraction of sp³-hybridized carbons (Fsp3) is 0.588. The van der Waals surface area contributed by atoms with Gasteiger partial charge in [0.2, 0.25) is 5.91 Å². The van der Waals surface area contributed by atoms with Crippen LogP contribution in [0.2, 0.25) is 0 Å². The van der Waals surface area contributed by atoms with Crippen molar-refractivity contribution in [3.8, 4) is 0 Å². The van der Waals surface area contributed by atoms with Gasteiger partial charge in [-0.15, -0.1) is 0 Å². The fourth-order valence-electron chi connectivity index (χ4n) is 2.65. The molecule has 0 aliphatic heterocycles. The van der Waals surface area contributed by atoms with E-state index in [-0.39, 0.29) is 18.6 Å². The Morgan fingerprint density at radius 1 is 1.38 bits per heavy atom. The number of nitrogens with two attached hydrogens (primary N) is 1. The van der Waals surface area contributed by atoms with Crippen molar-refractivity contribution in [2.75, 3.05) is 17.7 Å². The molecule has 1 aliphatic rings. The minimum Gasteiger partial charge on any atom is -0.398 e. The second-order valence-electron chi connectivity index (χ2n) is 6.79. The first-order chi connectivity index (χ1) is 9.85. The zero-order chi connectivity index (χ0) is 15.5. The minimum atomic E-state index is -0.122. The van der Waals surface area contributed by atoms with Gasteiger partial charge in [-0.25, -0.2) is 0 Å². The van der Waals surface area contributed by atoms with E-state index in [0.29, 0.717) is 11.1 Å². The monoisotopic (exact) mass is 290 g/mol. The van der Waals surface area contributed by atoms with Crippen molar-refractivity contribution in [3.05, 3.63) is 23.8 Å². The smallest absolute Gasteiger partial charge is 0.250 e. The molecule has 0 saturated heterocycles. The quantitative estimate of drug-likeness (QED) is 0.834. The Balaban J connectivity index is 1.76. The second-order valence-corrected chi connectivity index (χ2v) is 6.79. The maximum Gasteiger partial charge on any atom is 0.250 e. The lowest BCUT2D eigenvalue weighted by Gasteiger charge is -2.34. The number of hydrogen-bond acceptors (Lipinski definition) is 3. The SMILES string of the molecule is Cc1ccc(NC(=O)COC2CCC(C)(C)CC2)cc1N. The number of carbonyl (C=O) groups is 1. The van der Waals surface area contributed by atoms with Crippen molar-refractivity contribution in [2.45, 2.75) is 52.6 Å². The van der Waals surface area contributed by atoms with Crippen LogP contribution in [0.5, 0.6) is 0 Å². The van der Waals surface area contributed by atoms with E-state index in [1.807, 2.05) is 19.1 Å². The van der Waals surface area contributed by atoms with Gasteiger partial charge >= 0.3 is 0 Å². The fourth-order valence-corrected chi connectivity index (χ4v) is 2.65. The molecule has 1 aliphatic carbocycles. The van der Waals surface area contributed by atoms with E-state index >= 15 is 0 Å². The summed E-state index contributed by atoms with van der Waals surface area (Å²) >= 11 is 0. The van der Waals surface area contributed by atoms with Crippen LogP contribution in [0.1, 0.15) is 45.1 Å². The van der Waals surface area contributed by atoms with Gasteiger partial charge in [-0.05, 0) is 55.7 Å². The Bertz CT molecular complexity index is 502. The molecular weight excluding hydrogens is 264 g/mol.